The maximum absolute atomic E-state index is 13.3. The summed E-state index contributed by atoms with van der Waals surface area (Å²) in [6.45, 7) is 4.83. The molecule has 4 nitrogen and oxygen atoms in total. The van der Waals surface area contributed by atoms with Crippen LogP contribution in [0.3, 0.4) is 0 Å². The van der Waals surface area contributed by atoms with Gasteiger partial charge in [-0.1, -0.05) is 0 Å². The first kappa shape index (κ1) is 11.4. The van der Waals surface area contributed by atoms with Gasteiger partial charge in [-0.05, 0) is 26.8 Å². The molecule has 0 saturated heterocycles. The van der Waals surface area contributed by atoms with Crippen molar-refractivity contribution in [3.8, 4) is 0 Å². The zero-order valence-electron chi connectivity index (χ0n) is 8.74. The van der Waals surface area contributed by atoms with Crippen molar-refractivity contribution in [1.82, 2.24) is 4.57 Å². The summed E-state index contributed by atoms with van der Waals surface area (Å²) < 4.78 is 14.5. The van der Waals surface area contributed by atoms with Crippen molar-refractivity contribution in [3.05, 3.63) is 33.5 Å². The van der Waals surface area contributed by atoms with Gasteiger partial charge in [-0.25, -0.2) is 9.18 Å². The number of carboxylic acids is 1. The number of aromatic nitrogens is 1. The van der Waals surface area contributed by atoms with Crippen LogP contribution in [0.4, 0.5) is 4.39 Å². The zero-order valence-corrected chi connectivity index (χ0v) is 8.74. The Morgan fingerprint density at radius 3 is 2.47 bits per heavy atom. The van der Waals surface area contributed by atoms with Crippen molar-refractivity contribution in [2.45, 2.75) is 26.8 Å². The van der Waals surface area contributed by atoms with Crippen molar-refractivity contribution >= 4 is 5.97 Å². The van der Waals surface area contributed by atoms with E-state index < -0.39 is 22.9 Å². The Kier molecular flexibility index (Phi) is 2.93. The summed E-state index contributed by atoms with van der Waals surface area (Å²) in [5.41, 5.74) is -1.05. The number of carboxylic acid groups (broad SMARTS) is 1. The van der Waals surface area contributed by atoms with Gasteiger partial charge in [0.25, 0.3) is 5.56 Å². The molecule has 15 heavy (non-hydrogen) atoms. The van der Waals surface area contributed by atoms with Crippen molar-refractivity contribution in [2.24, 2.45) is 0 Å². The lowest BCUT2D eigenvalue weighted by Gasteiger charge is -2.14. The van der Waals surface area contributed by atoms with Crippen LogP contribution in [-0.4, -0.2) is 15.6 Å². The van der Waals surface area contributed by atoms with E-state index in [1.165, 1.54) is 6.92 Å². The van der Waals surface area contributed by atoms with Crippen LogP contribution in [-0.2, 0) is 0 Å². The molecule has 0 bridgehead atoms. The van der Waals surface area contributed by atoms with E-state index in [0.717, 1.165) is 10.6 Å². The molecular formula is C10H12FNO3. The highest BCUT2D eigenvalue weighted by Crippen LogP contribution is 2.11. The molecule has 0 radical (unpaired) electrons. The summed E-state index contributed by atoms with van der Waals surface area (Å²) >= 11 is 0. The number of rotatable bonds is 2. The molecule has 0 saturated carbocycles. The Balaban J connectivity index is 3.64. The molecule has 0 aliphatic rings. The van der Waals surface area contributed by atoms with Gasteiger partial charge < -0.3 is 9.67 Å². The predicted octanol–water partition coefficient (Wildman–Crippen LogP) is 1.57. The highest BCUT2D eigenvalue weighted by Gasteiger charge is 2.17. The molecule has 0 aliphatic carbocycles. The largest absolute Gasteiger partial charge is 0.477 e. The predicted molar refractivity (Wildman–Crippen MR) is 52.7 cm³/mol. The van der Waals surface area contributed by atoms with Crippen molar-refractivity contribution < 1.29 is 14.3 Å². The Hall–Kier alpha value is -1.65. The van der Waals surface area contributed by atoms with E-state index in [1.807, 2.05) is 0 Å². The summed E-state index contributed by atoms with van der Waals surface area (Å²) in [4.78, 5) is 22.3. The first-order valence-corrected chi connectivity index (χ1v) is 4.51. The molecule has 0 fully saturated rings. The van der Waals surface area contributed by atoms with E-state index in [0.29, 0.717) is 0 Å². The van der Waals surface area contributed by atoms with Gasteiger partial charge >= 0.3 is 5.97 Å². The van der Waals surface area contributed by atoms with E-state index in [-0.39, 0.29) is 11.7 Å². The second kappa shape index (κ2) is 3.84. The average molecular weight is 213 g/mol. The molecule has 1 N–H and O–H groups in total. The number of aromatic carboxylic acids is 1. The normalized spacial score (nSPS) is 10.7. The topological polar surface area (TPSA) is 59.3 Å². The van der Waals surface area contributed by atoms with E-state index in [2.05, 4.69) is 0 Å². The van der Waals surface area contributed by atoms with Crippen LogP contribution in [0.2, 0.25) is 0 Å². The van der Waals surface area contributed by atoms with Gasteiger partial charge in [0, 0.05) is 6.04 Å². The fraction of sp³-hybridized carbons (Fsp3) is 0.400. The second-order valence-electron chi connectivity index (χ2n) is 3.57. The average Bonchev–Trinajstić information content (AvgIpc) is 2.10. The number of halogens is 1. The standard InChI is InChI=1S/C10H12FNO3/c1-5(2)12-6(3)8(11)4-7(9(12)13)10(14)15/h4-5H,1-3H3,(H,14,15). The van der Waals surface area contributed by atoms with Gasteiger partial charge in [0.2, 0.25) is 0 Å². The van der Waals surface area contributed by atoms with Crippen molar-refractivity contribution in [2.75, 3.05) is 0 Å². The van der Waals surface area contributed by atoms with E-state index in [4.69, 9.17) is 5.11 Å². The first-order valence-electron chi connectivity index (χ1n) is 4.51. The van der Waals surface area contributed by atoms with Crippen LogP contribution in [0.1, 0.15) is 35.9 Å². The molecule has 0 aromatic carbocycles. The molecule has 82 valence electrons. The monoisotopic (exact) mass is 213 g/mol. The third-order valence-electron chi connectivity index (χ3n) is 2.17. The molecule has 1 aromatic heterocycles. The maximum Gasteiger partial charge on any atom is 0.341 e. The second-order valence-corrected chi connectivity index (χ2v) is 3.57. The molecule has 0 unspecified atom stereocenters. The van der Waals surface area contributed by atoms with Crippen LogP contribution in [0.15, 0.2) is 10.9 Å². The summed E-state index contributed by atoms with van der Waals surface area (Å²) in [5, 5.41) is 8.71. The number of hydrogen-bond acceptors (Lipinski definition) is 2. The Morgan fingerprint density at radius 1 is 1.53 bits per heavy atom. The highest BCUT2D eigenvalue weighted by atomic mass is 19.1. The Morgan fingerprint density at radius 2 is 2.07 bits per heavy atom. The molecule has 1 rings (SSSR count). The fourth-order valence-electron chi connectivity index (χ4n) is 1.47. The van der Waals surface area contributed by atoms with Crippen LogP contribution < -0.4 is 5.56 Å². The highest BCUT2D eigenvalue weighted by molar-refractivity contribution is 5.87. The lowest BCUT2D eigenvalue weighted by Crippen LogP contribution is -2.30. The van der Waals surface area contributed by atoms with Gasteiger partial charge in [-0.3, -0.25) is 4.79 Å². The van der Waals surface area contributed by atoms with Crippen LogP contribution in [0, 0.1) is 12.7 Å². The summed E-state index contributed by atoms with van der Waals surface area (Å²) in [6.07, 6.45) is 0. The van der Waals surface area contributed by atoms with Gasteiger partial charge in [0.05, 0.1) is 5.69 Å². The van der Waals surface area contributed by atoms with Gasteiger partial charge in [0.15, 0.2) is 0 Å². The third-order valence-corrected chi connectivity index (χ3v) is 2.17. The quantitative estimate of drug-likeness (QED) is 0.811. The number of hydrogen-bond donors (Lipinski definition) is 1. The lowest BCUT2D eigenvalue weighted by atomic mass is 10.2. The van der Waals surface area contributed by atoms with Crippen LogP contribution in [0.25, 0.3) is 0 Å². The van der Waals surface area contributed by atoms with Gasteiger partial charge in [-0.15, -0.1) is 0 Å². The number of carbonyl (C=O) groups is 1. The fourth-order valence-corrected chi connectivity index (χ4v) is 1.47. The minimum atomic E-state index is -1.41. The van der Waals surface area contributed by atoms with Crippen molar-refractivity contribution in [1.29, 1.82) is 0 Å². The molecule has 1 aromatic rings. The maximum atomic E-state index is 13.3. The lowest BCUT2D eigenvalue weighted by molar-refractivity contribution is 0.0693. The molecule has 0 atom stereocenters. The van der Waals surface area contributed by atoms with Crippen LogP contribution >= 0.6 is 0 Å². The Labute approximate surface area is 86.0 Å². The molecule has 5 heteroatoms. The van der Waals surface area contributed by atoms with Gasteiger partial charge in [-0.2, -0.15) is 0 Å². The van der Waals surface area contributed by atoms with E-state index >= 15 is 0 Å². The first-order chi connectivity index (χ1) is 6.86. The third kappa shape index (κ3) is 1.91. The molecular weight excluding hydrogens is 201 g/mol. The van der Waals surface area contributed by atoms with E-state index in [9.17, 15) is 14.0 Å². The van der Waals surface area contributed by atoms with E-state index in [1.54, 1.807) is 13.8 Å². The Bertz CT molecular complexity index is 462. The SMILES string of the molecule is Cc1c(F)cc(C(=O)O)c(=O)n1C(C)C. The smallest absolute Gasteiger partial charge is 0.341 e. The summed E-state index contributed by atoms with van der Waals surface area (Å²) in [6, 6.07) is 0.491. The van der Waals surface area contributed by atoms with Gasteiger partial charge in [0.1, 0.15) is 11.4 Å². The molecule has 0 aliphatic heterocycles. The number of nitrogens with zero attached hydrogens (tertiary/aromatic N) is 1. The minimum Gasteiger partial charge on any atom is -0.477 e. The minimum absolute atomic E-state index is 0.153. The summed E-state index contributed by atoms with van der Waals surface area (Å²) in [7, 11) is 0. The van der Waals surface area contributed by atoms with Crippen LogP contribution in [0.5, 0.6) is 0 Å². The van der Waals surface area contributed by atoms with Crippen molar-refractivity contribution in [3.63, 3.8) is 0 Å². The molecule has 1 heterocycles. The zero-order chi connectivity index (χ0) is 11.7. The molecule has 0 amide bonds. The number of pyridine rings is 1. The summed E-state index contributed by atoms with van der Waals surface area (Å²) in [5.74, 6) is -2.09. The molecule has 0 spiro atoms.